The van der Waals surface area contributed by atoms with E-state index in [1.165, 1.54) is 18.1 Å². The highest BCUT2D eigenvalue weighted by atomic mass is 19.1. The minimum Gasteiger partial charge on any atom is -0.602 e. The molecule has 1 heterocycles. The van der Waals surface area contributed by atoms with Crippen LogP contribution in [0.5, 0.6) is 0 Å². The zero-order chi connectivity index (χ0) is 14.5. The van der Waals surface area contributed by atoms with Crippen molar-refractivity contribution in [2.24, 2.45) is 10.4 Å². The first-order valence-corrected chi connectivity index (χ1v) is 6.12. The van der Waals surface area contributed by atoms with Crippen LogP contribution in [0.4, 0.5) is 15.8 Å². The van der Waals surface area contributed by atoms with Gasteiger partial charge in [-0.1, -0.05) is 0 Å². The number of benzene rings is 1. The van der Waals surface area contributed by atoms with Crippen LogP contribution in [0.3, 0.4) is 0 Å². The zero-order valence-corrected chi connectivity index (χ0v) is 10.7. The summed E-state index contributed by atoms with van der Waals surface area (Å²) in [6, 6.07) is 2.31. The van der Waals surface area contributed by atoms with E-state index in [9.17, 15) is 19.7 Å². The Morgan fingerprint density at radius 2 is 2.20 bits per heavy atom. The van der Waals surface area contributed by atoms with Crippen LogP contribution < -0.4 is 5.01 Å². The van der Waals surface area contributed by atoms with Crippen molar-refractivity contribution in [1.82, 2.24) is 0 Å². The largest absolute Gasteiger partial charge is 0.602 e. The summed E-state index contributed by atoms with van der Waals surface area (Å²) in [6.07, 6.45) is 1.80. The van der Waals surface area contributed by atoms with Crippen LogP contribution in [0.25, 0.3) is 0 Å². The summed E-state index contributed by atoms with van der Waals surface area (Å²) >= 11 is 0. The van der Waals surface area contributed by atoms with Crippen molar-refractivity contribution in [3.8, 4) is 0 Å². The number of anilines is 1. The molecule has 2 aliphatic rings. The number of hydrogen-bond donors (Lipinski definition) is 0. The van der Waals surface area contributed by atoms with Crippen molar-refractivity contribution in [3.05, 3.63) is 38.8 Å². The van der Waals surface area contributed by atoms with E-state index in [0.29, 0.717) is 11.3 Å². The van der Waals surface area contributed by atoms with E-state index in [1.54, 1.807) is 0 Å². The Balaban J connectivity index is 2.06. The second kappa shape index (κ2) is 4.18. The van der Waals surface area contributed by atoms with E-state index in [0.717, 1.165) is 18.9 Å². The Bertz CT molecular complexity index is 614. The minimum absolute atomic E-state index is 0.0808. The summed E-state index contributed by atoms with van der Waals surface area (Å²) in [5.74, 6) is -0.697. The number of nitro benzene ring substituents is 1. The molecule has 8 nitrogen and oxygen atoms in total. The number of nitro groups is 1. The highest BCUT2D eigenvalue weighted by molar-refractivity contribution is 5.61. The number of hydrogen-bond acceptors (Lipinski definition) is 6. The van der Waals surface area contributed by atoms with Crippen LogP contribution >= 0.6 is 0 Å². The highest BCUT2D eigenvalue weighted by Gasteiger charge is 2.34. The van der Waals surface area contributed by atoms with E-state index >= 15 is 0 Å². The van der Waals surface area contributed by atoms with Gasteiger partial charge < -0.3 is 5.21 Å². The SMILES string of the molecule is C[N+]1([O-])CN(c2cc([N+](=O)[O-])c(F)cc2C2CC2)N=N1. The van der Waals surface area contributed by atoms with Crippen LogP contribution in [0, 0.1) is 21.1 Å². The van der Waals surface area contributed by atoms with Gasteiger partial charge in [0.05, 0.1) is 17.7 Å². The molecule has 106 valence electrons. The summed E-state index contributed by atoms with van der Waals surface area (Å²) in [4.78, 5) is 10.1. The van der Waals surface area contributed by atoms with Gasteiger partial charge in [-0.3, -0.25) is 10.1 Å². The Hall–Kier alpha value is -2.13. The second-order valence-electron chi connectivity index (χ2n) is 5.16. The van der Waals surface area contributed by atoms with Gasteiger partial charge in [0.15, 0.2) is 0 Å². The fourth-order valence-corrected chi connectivity index (χ4v) is 2.21. The van der Waals surface area contributed by atoms with Crippen molar-refractivity contribution in [3.63, 3.8) is 0 Å². The molecule has 9 heteroatoms. The second-order valence-corrected chi connectivity index (χ2v) is 5.16. The van der Waals surface area contributed by atoms with Gasteiger partial charge in [0.25, 0.3) is 0 Å². The molecule has 1 saturated carbocycles. The molecule has 1 aromatic rings. The van der Waals surface area contributed by atoms with Gasteiger partial charge in [-0.2, -0.15) is 14.2 Å². The first-order valence-electron chi connectivity index (χ1n) is 6.12. The maximum atomic E-state index is 13.7. The van der Waals surface area contributed by atoms with Gasteiger partial charge in [-0.25, -0.2) is 0 Å². The van der Waals surface area contributed by atoms with Crippen LogP contribution in [-0.2, 0) is 0 Å². The molecule has 1 aliphatic heterocycles. The van der Waals surface area contributed by atoms with Crippen molar-refractivity contribution < 1.29 is 14.1 Å². The molecule has 1 atom stereocenters. The van der Waals surface area contributed by atoms with Crippen molar-refractivity contribution in [2.45, 2.75) is 18.8 Å². The van der Waals surface area contributed by atoms with E-state index in [4.69, 9.17) is 0 Å². The minimum atomic E-state index is -0.935. The molecular formula is C11H12FN5O3. The summed E-state index contributed by atoms with van der Waals surface area (Å²) in [5, 5.41) is 31.1. The zero-order valence-electron chi connectivity index (χ0n) is 10.7. The lowest BCUT2D eigenvalue weighted by Crippen LogP contribution is -2.35. The molecule has 1 fully saturated rings. The normalized spacial score (nSPS) is 25.2. The van der Waals surface area contributed by atoms with Gasteiger partial charge >= 0.3 is 5.69 Å². The first-order chi connectivity index (χ1) is 9.37. The summed E-state index contributed by atoms with van der Waals surface area (Å²) in [5.41, 5.74) is 0.419. The van der Waals surface area contributed by atoms with Gasteiger partial charge in [-0.05, 0) is 35.6 Å². The molecule has 0 saturated heterocycles. The van der Waals surface area contributed by atoms with Crippen LogP contribution in [0.1, 0.15) is 24.3 Å². The Labute approximate surface area is 113 Å². The summed E-state index contributed by atoms with van der Waals surface area (Å²) in [7, 11) is 1.32. The molecular weight excluding hydrogens is 269 g/mol. The van der Waals surface area contributed by atoms with Crippen molar-refractivity contribution >= 4 is 11.4 Å². The summed E-state index contributed by atoms with van der Waals surface area (Å²) in [6.45, 7) is -0.0808. The van der Waals surface area contributed by atoms with Crippen LogP contribution in [-0.4, -0.2) is 23.4 Å². The molecule has 1 unspecified atom stereocenters. The number of nitrogens with zero attached hydrogens (tertiary/aromatic N) is 5. The molecule has 1 aromatic carbocycles. The maximum Gasteiger partial charge on any atom is 0.306 e. The monoisotopic (exact) mass is 281 g/mol. The molecule has 0 radical (unpaired) electrons. The van der Waals surface area contributed by atoms with Crippen molar-refractivity contribution in [2.75, 3.05) is 18.7 Å². The molecule has 0 amide bonds. The van der Waals surface area contributed by atoms with Gasteiger partial charge in [0, 0.05) is 11.3 Å². The van der Waals surface area contributed by atoms with Gasteiger partial charge in [-0.15, -0.1) is 0 Å². The lowest BCUT2D eigenvalue weighted by atomic mass is 10.1. The Morgan fingerprint density at radius 3 is 2.70 bits per heavy atom. The topological polar surface area (TPSA) is 94.2 Å². The molecule has 3 rings (SSSR count). The molecule has 0 N–H and O–H groups in total. The first kappa shape index (κ1) is 12.9. The number of hydroxylamine groups is 2. The number of rotatable bonds is 3. The average Bonchev–Trinajstić information content (AvgIpc) is 3.13. The molecule has 1 aliphatic carbocycles. The fourth-order valence-electron chi connectivity index (χ4n) is 2.21. The van der Waals surface area contributed by atoms with Crippen molar-refractivity contribution in [1.29, 1.82) is 0 Å². The predicted molar refractivity (Wildman–Crippen MR) is 66.8 cm³/mol. The van der Waals surface area contributed by atoms with Gasteiger partial charge in [0.1, 0.15) is 0 Å². The third-order valence-corrected chi connectivity index (χ3v) is 3.32. The standard InChI is InChI=1S/C11H12FN5O3/c1-17(20)6-15(13-14-17)10-5-11(16(18)19)9(12)4-8(10)7-2-3-7/h4-5,7H,2-3,6H2,1H3. The Morgan fingerprint density at radius 1 is 1.50 bits per heavy atom. The Kier molecular flexibility index (Phi) is 2.69. The van der Waals surface area contributed by atoms with E-state index in [-0.39, 0.29) is 12.6 Å². The molecule has 0 bridgehead atoms. The predicted octanol–water partition coefficient (Wildman–Crippen LogP) is 2.62. The van der Waals surface area contributed by atoms with Crippen LogP contribution in [0.2, 0.25) is 0 Å². The lowest BCUT2D eigenvalue weighted by molar-refractivity contribution is -0.862. The van der Waals surface area contributed by atoms with E-state index < -0.39 is 21.2 Å². The van der Waals surface area contributed by atoms with Crippen LogP contribution in [0.15, 0.2) is 22.6 Å². The third kappa shape index (κ3) is 2.21. The van der Waals surface area contributed by atoms with E-state index in [1.807, 2.05) is 0 Å². The van der Waals surface area contributed by atoms with Gasteiger partial charge in [0.2, 0.25) is 12.5 Å². The average molecular weight is 281 g/mol. The molecule has 0 spiro atoms. The molecule has 0 aromatic heterocycles. The third-order valence-electron chi connectivity index (χ3n) is 3.32. The smallest absolute Gasteiger partial charge is 0.306 e. The lowest BCUT2D eigenvalue weighted by Gasteiger charge is -2.25. The summed E-state index contributed by atoms with van der Waals surface area (Å²) < 4.78 is 12.8. The number of halogens is 1. The number of quaternary nitrogens is 1. The maximum absolute atomic E-state index is 13.7. The quantitative estimate of drug-likeness (QED) is 0.368. The highest BCUT2D eigenvalue weighted by Crippen LogP contribution is 2.46. The fraction of sp³-hybridized carbons (Fsp3) is 0.455. The van der Waals surface area contributed by atoms with E-state index in [2.05, 4.69) is 10.4 Å². The molecule has 20 heavy (non-hydrogen) atoms.